The Bertz CT molecular complexity index is 816. The van der Waals surface area contributed by atoms with E-state index in [0.29, 0.717) is 24.3 Å². The van der Waals surface area contributed by atoms with Gasteiger partial charge in [0.2, 0.25) is 5.91 Å². The van der Waals surface area contributed by atoms with Gasteiger partial charge in [-0.3, -0.25) is 4.79 Å². The molecule has 3 rings (SSSR count). The molecule has 29 heavy (non-hydrogen) atoms. The molecule has 1 aliphatic carbocycles. The first-order valence-corrected chi connectivity index (χ1v) is 11.5. The number of ether oxygens (including phenoxy) is 1. The highest BCUT2D eigenvalue weighted by Gasteiger charge is 2.23. The van der Waals surface area contributed by atoms with Gasteiger partial charge in [-0.25, -0.2) is 0 Å². The second-order valence-corrected chi connectivity index (χ2v) is 8.82. The first kappa shape index (κ1) is 21.7. The molecule has 1 aromatic carbocycles. The molecule has 2 aromatic rings. The van der Waals surface area contributed by atoms with E-state index >= 15 is 0 Å². The van der Waals surface area contributed by atoms with Crippen LogP contribution in [0.15, 0.2) is 23.4 Å². The first-order valence-electron chi connectivity index (χ1n) is 10.5. The van der Waals surface area contributed by atoms with Crippen LogP contribution in [0.25, 0.3) is 0 Å². The van der Waals surface area contributed by atoms with Crippen molar-refractivity contribution >= 4 is 17.7 Å². The van der Waals surface area contributed by atoms with E-state index in [2.05, 4.69) is 29.4 Å². The smallest absolute Gasteiger partial charge is 0.230 e. The molecule has 1 heterocycles. The summed E-state index contributed by atoms with van der Waals surface area (Å²) in [7, 11) is 0. The zero-order valence-corrected chi connectivity index (χ0v) is 18.7. The second-order valence-electron chi connectivity index (χ2n) is 7.88. The number of aryl methyl sites for hydroxylation is 2. The van der Waals surface area contributed by atoms with Gasteiger partial charge < -0.3 is 14.6 Å². The molecule has 0 aliphatic heterocycles. The van der Waals surface area contributed by atoms with Crippen molar-refractivity contribution in [1.29, 1.82) is 0 Å². The molecular weight excluding hydrogens is 384 g/mol. The van der Waals surface area contributed by atoms with Crippen LogP contribution < -0.4 is 10.1 Å². The Labute approximate surface area is 177 Å². The zero-order valence-electron chi connectivity index (χ0n) is 17.9. The van der Waals surface area contributed by atoms with Crippen molar-refractivity contribution in [3.8, 4) is 5.75 Å². The van der Waals surface area contributed by atoms with Gasteiger partial charge in [-0.05, 0) is 50.7 Å². The standard InChI is InChI=1S/C22H32N4O2S/c1-5-26-19(13-28-21-16(3)10-8-11-17(21)4)24-25-22(26)29-14-20(27)23-18-12-7-6-9-15(18)2/h8,10-11,15,18H,5-7,9,12-14H2,1-4H3,(H,23,27)/t15-,18+/m0/s1. The van der Waals surface area contributed by atoms with Crippen LogP contribution >= 0.6 is 11.8 Å². The number of thioether (sulfide) groups is 1. The van der Waals surface area contributed by atoms with Crippen LogP contribution in [0.5, 0.6) is 5.75 Å². The fraction of sp³-hybridized carbons (Fsp3) is 0.591. The number of nitrogens with one attached hydrogen (secondary N) is 1. The molecule has 0 radical (unpaired) electrons. The molecule has 0 spiro atoms. The van der Waals surface area contributed by atoms with E-state index in [-0.39, 0.29) is 5.91 Å². The lowest BCUT2D eigenvalue weighted by atomic mass is 9.86. The van der Waals surface area contributed by atoms with Gasteiger partial charge in [0.15, 0.2) is 11.0 Å². The van der Waals surface area contributed by atoms with Crippen molar-refractivity contribution in [2.75, 3.05) is 5.75 Å². The number of carbonyl (C=O) groups excluding carboxylic acids is 1. The summed E-state index contributed by atoms with van der Waals surface area (Å²) in [5.41, 5.74) is 2.21. The third-order valence-electron chi connectivity index (χ3n) is 5.65. The van der Waals surface area contributed by atoms with Crippen molar-refractivity contribution in [1.82, 2.24) is 20.1 Å². The minimum Gasteiger partial charge on any atom is -0.485 e. The van der Waals surface area contributed by atoms with Gasteiger partial charge >= 0.3 is 0 Å². The van der Waals surface area contributed by atoms with Crippen LogP contribution in [0.4, 0.5) is 0 Å². The predicted octanol–water partition coefficient (Wildman–Crippen LogP) is 4.28. The summed E-state index contributed by atoms with van der Waals surface area (Å²) in [5, 5.41) is 12.6. The van der Waals surface area contributed by atoms with Crippen LogP contribution in [-0.2, 0) is 17.9 Å². The highest BCUT2D eigenvalue weighted by atomic mass is 32.2. The van der Waals surface area contributed by atoms with E-state index < -0.39 is 0 Å². The fourth-order valence-corrected chi connectivity index (χ4v) is 4.76. The molecule has 1 N–H and O–H groups in total. The molecule has 1 saturated carbocycles. The lowest BCUT2D eigenvalue weighted by Gasteiger charge is -2.29. The summed E-state index contributed by atoms with van der Waals surface area (Å²) >= 11 is 1.44. The molecule has 158 valence electrons. The summed E-state index contributed by atoms with van der Waals surface area (Å²) in [6, 6.07) is 6.42. The number of benzene rings is 1. The number of carbonyl (C=O) groups is 1. The number of amides is 1. The largest absolute Gasteiger partial charge is 0.485 e. The Hall–Kier alpha value is -2.02. The molecule has 1 fully saturated rings. The van der Waals surface area contributed by atoms with Crippen molar-refractivity contribution in [2.45, 2.75) is 77.7 Å². The molecule has 6 nitrogen and oxygen atoms in total. The maximum absolute atomic E-state index is 12.4. The maximum Gasteiger partial charge on any atom is 0.230 e. The third-order valence-corrected chi connectivity index (χ3v) is 6.62. The summed E-state index contributed by atoms with van der Waals surface area (Å²) < 4.78 is 8.06. The van der Waals surface area contributed by atoms with Crippen LogP contribution in [0.2, 0.25) is 0 Å². The number of rotatable bonds is 8. The summed E-state index contributed by atoms with van der Waals surface area (Å²) in [6.07, 6.45) is 4.76. The van der Waals surface area contributed by atoms with E-state index in [0.717, 1.165) is 40.8 Å². The molecule has 1 amide bonds. The minimum absolute atomic E-state index is 0.0766. The van der Waals surface area contributed by atoms with Gasteiger partial charge in [0, 0.05) is 12.6 Å². The maximum atomic E-state index is 12.4. The molecule has 0 bridgehead atoms. The molecule has 0 saturated heterocycles. The Morgan fingerprint density at radius 2 is 1.97 bits per heavy atom. The first-order chi connectivity index (χ1) is 14.0. The van der Waals surface area contributed by atoms with Gasteiger partial charge in [0.05, 0.1) is 5.75 Å². The van der Waals surface area contributed by atoms with E-state index in [1.54, 1.807) is 0 Å². The summed E-state index contributed by atoms with van der Waals surface area (Å²) in [5.74, 6) is 2.67. The van der Waals surface area contributed by atoms with E-state index in [1.165, 1.54) is 31.0 Å². The molecule has 1 aliphatic rings. The van der Waals surface area contributed by atoms with Crippen LogP contribution in [0, 0.1) is 19.8 Å². The quantitative estimate of drug-likeness (QED) is 0.651. The van der Waals surface area contributed by atoms with Crippen molar-refractivity contribution in [3.63, 3.8) is 0 Å². The second kappa shape index (κ2) is 10.1. The Morgan fingerprint density at radius 3 is 2.66 bits per heavy atom. The number of aromatic nitrogens is 3. The van der Waals surface area contributed by atoms with Crippen molar-refractivity contribution in [3.05, 3.63) is 35.2 Å². The molecule has 1 aromatic heterocycles. The SMILES string of the molecule is CCn1c(COc2c(C)cccc2C)nnc1SCC(=O)N[C@@H]1CCCC[C@@H]1C. The van der Waals surface area contributed by atoms with Gasteiger partial charge in [-0.15, -0.1) is 10.2 Å². The van der Waals surface area contributed by atoms with Crippen molar-refractivity contribution in [2.24, 2.45) is 5.92 Å². The van der Waals surface area contributed by atoms with E-state index in [4.69, 9.17) is 4.74 Å². The third kappa shape index (κ3) is 5.53. The summed E-state index contributed by atoms with van der Waals surface area (Å²) in [4.78, 5) is 12.4. The monoisotopic (exact) mass is 416 g/mol. The normalized spacial score (nSPS) is 19.2. The molecule has 2 atom stereocenters. The van der Waals surface area contributed by atoms with Crippen molar-refractivity contribution < 1.29 is 9.53 Å². The Kier molecular flexibility index (Phi) is 7.58. The molecule has 0 unspecified atom stereocenters. The molecule has 7 heteroatoms. The lowest BCUT2D eigenvalue weighted by Crippen LogP contribution is -2.41. The Morgan fingerprint density at radius 1 is 1.24 bits per heavy atom. The average molecular weight is 417 g/mol. The van der Waals surface area contributed by atoms with Gasteiger partial charge in [0.1, 0.15) is 12.4 Å². The fourth-order valence-electron chi connectivity index (χ4n) is 3.92. The predicted molar refractivity (Wildman–Crippen MR) is 116 cm³/mol. The zero-order chi connectivity index (χ0) is 20.8. The molecular formula is C22H32N4O2S. The summed E-state index contributed by atoms with van der Waals surface area (Å²) in [6.45, 7) is 9.47. The highest BCUT2D eigenvalue weighted by molar-refractivity contribution is 7.99. The van der Waals surface area contributed by atoms with Gasteiger partial charge in [-0.2, -0.15) is 0 Å². The van der Waals surface area contributed by atoms with E-state index in [1.807, 2.05) is 36.6 Å². The average Bonchev–Trinajstić information content (AvgIpc) is 3.09. The van der Waals surface area contributed by atoms with Gasteiger partial charge in [0.25, 0.3) is 0 Å². The minimum atomic E-state index is 0.0766. The number of hydrogen-bond donors (Lipinski definition) is 1. The van der Waals surface area contributed by atoms with Crippen LogP contribution in [0.3, 0.4) is 0 Å². The topological polar surface area (TPSA) is 69.0 Å². The number of para-hydroxylation sites is 1. The van der Waals surface area contributed by atoms with Gasteiger partial charge in [-0.1, -0.05) is 49.7 Å². The Balaban J connectivity index is 1.57. The van der Waals surface area contributed by atoms with Crippen LogP contribution in [0.1, 0.15) is 56.5 Å². The lowest BCUT2D eigenvalue weighted by molar-refractivity contribution is -0.119. The number of nitrogens with zero attached hydrogens (tertiary/aromatic N) is 3. The number of hydrogen-bond acceptors (Lipinski definition) is 5. The highest BCUT2D eigenvalue weighted by Crippen LogP contribution is 2.25. The van der Waals surface area contributed by atoms with Crippen LogP contribution in [-0.4, -0.2) is 32.5 Å². The van der Waals surface area contributed by atoms with E-state index in [9.17, 15) is 4.79 Å².